The molecule has 2 aromatic rings. The van der Waals surface area contributed by atoms with Gasteiger partial charge < -0.3 is 15.4 Å². The maximum Gasteiger partial charge on any atom is 0.226 e. The molecule has 0 radical (unpaired) electrons. The summed E-state index contributed by atoms with van der Waals surface area (Å²) in [6.45, 7) is 0.511. The summed E-state index contributed by atoms with van der Waals surface area (Å²) in [6.07, 6.45) is 0.337. The van der Waals surface area contributed by atoms with Crippen LogP contribution < -0.4 is 15.4 Å². The lowest BCUT2D eigenvalue weighted by Crippen LogP contribution is -2.16. The molecule has 2 rings (SSSR count). The van der Waals surface area contributed by atoms with Gasteiger partial charge in [-0.2, -0.15) is 0 Å². The van der Waals surface area contributed by atoms with E-state index in [9.17, 15) is 4.79 Å². The molecular weight excluding hydrogens is 288 g/mol. The molecule has 0 aliphatic carbocycles. The van der Waals surface area contributed by atoms with Crippen LogP contribution in [0.4, 0.5) is 11.4 Å². The van der Waals surface area contributed by atoms with Gasteiger partial charge in [-0.1, -0.05) is 35.9 Å². The Labute approximate surface area is 129 Å². The Balaban J connectivity index is 1.83. The molecule has 5 heteroatoms. The number of anilines is 2. The second kappa shape index (κ2) is 7.55. The van der Waals surface area contributed by atoms with Crippen molar-refractivity contribution in [3.8, 4) is 5.75 Å². The first-order valence-corrected chi connectivity index (χ1v) is 7.00. The number of hydrogen-bond acceptors (Lipinski definition) is 3. The minimum atomic E-state index is -0.0921. The Morgan fingerprint density at radius 1 is 1.10 bits per heavy atom. The number of ether oxygens (including phenoxy) is 1. The average molecular weight is 305 g/mol. The van der Waals surface area contributed by atoms with Crippen LogP contribution in [0.1, 0.15) is 6.42 Å². The van der Waals surface area contributed by atoms with Crippen LogP contribution in [0.2, 0.25) is 5.02 Å². The molecule has 21 heavy (non-hydrogen) atoms. The van der Waals surface area contributed by atoms with Crippen LogP contribution in [-0.2, 0) is 4.79 Å². The Morgan fingerprint density at radius 3 is 2.48 bits per heavy atom. The van der Waals surface area contributed by atoms with E-state index < -0.39 is 0 Å². The highest BCUT2D eigenvalue weighted by Gasteiger charge is 2.06. The van der Waals surface area contributed by atoms with Crippen molar-refractivity contribution in [2.75, 3.05) is 24.3 Å². The van der Waals surface area contributed by atoms with E-state index in [1.807, 2.05) is 36.4 Å². The maximum atomic E-state index is 11.9. The molecule has 0 bridgehead atoms. The summed E-state index contributed by atoms with van der Waals surface area (Å²) in [4.78, 5) is 11.9. The topological polar surface area (TPSA) is 50.4 Å². The van der Waals surface area contributed by atoms with Crippen LogP contribution in [0.5, 0.6) is 5.75 Å². The van der Waals surface area contributed by atoms with Crippen molar-refractivity contribution in [1.29, 1.82) is 0 Å². The molecule has 0 atom stereocenters. The predicted molar refractivity (Wildman–Crippen MR) is 86.2 cm³/mol. The third-order valence-electron chi connectivity index (χ3n) is 2.92. The van der Waals surface area contributed by atoms with Gasteiger partial charge in [0.2, 0.25) is 5.91 Å². The third kappa shape index (κ3) is 4.39. The number of hydrogen-bond donors (Lipinski definition) is 2. The SMILES string of the molecule is COc1ccccc1NCCC(=O)Nc1ccccc1Cl. The first-order chi connectivity index (χ1) is 10.2. The Hall–Kier alpha value is -2.20. The summed E-state index contributed by atoms with van der Waals surface area (Å²) in [7, 11) is 1.62. The van der Waals surface area contributed by atoms with Crippen LogP contribution in [0.15, 0.2) is 48.5 Å². The fraction of sp³-hybridized carbons (Fsp3) is 0.188. The number of benzene rings is 2. The number of rotatable bonds is 6. The molecule has 1 amide bonds. The minimum Gasteiger partial charge on any atom is -0.495 e. The van der Waals surface area contributed by atoms with Crippen LogP contribution in [0, 0.1) is 0 Å². The van der Waals surface area contributed by atoms with Crippen LogP contribution >= 0.6 is 11.6 Å². The molecule has 0 aliphatic heterocycles. The van der Waals surface area contributed by atoms with Crippen LogP contribution in [-0.4, -0.2) is 19.6 Å². The number of carbonyl (C=O) groups excluding carboxylic acids is 1. The largest absolute Gasteiger partial charge is 0.495 e. The minimum absolute atomic E-state index is 0.0921. The van der Waals surface area contributed by atoms with E-state index in [1.54, 1.807) is 19.2 Å². The van der Waals surface area contributed by atoms with Crippen LogP contribution in [0.25, 0.3) is 0 Å². The summed E-state index contributed by atoms with van der Waals surface area (Å²) in [5.74, 6) is 0.662. The molecule has 0 heterocycles. The van der Waals surface area contributed by atoms with Crippen LogP contribution in [0.3, 0.4) is 0 Å². The first-order valence-electron chi connectivity index (χ1n) is 6.62. The van der Waals surface area contributed by atoms with Crippen molar-refractivity contribution in [2.45, 2.75) is 6.42 Å². The summed E-state index contributed by atoms with van der Waals surface area (Å²) in [5.41, 5.74) is 1.49. The van der Waals surface area contributed by atoms with E-state index in [4.69, 9.17) is 16.3 Å². The molecular formula is C16H17ClN2O2. The third-order valence-corrected chi connectivity index (χ3v) is 3.25. The molecule has 110 valence electrons. The quantitative estimate of drug-likeness (QED) is 0.853. The first kappa shape index (κ1) is 15.2. The summed E-state index contributed by atoms with van der Waals surface area (Å²) in [6, 6.07) is 14.7. The highest BCUT2D eigenvalue weighted by Crippen LogP contribution is 2.23. The van der Waals surface area contributed by atoms with E-state index in [2.05, 4.69) is 10.6 Å². The number of halogens is 1. The zero-order chi connectivity index (χ0) is 15.1. The van der Waals surface area contributed by atoms with Gasteiger partial charge in [-0.05, 0) is 24.3 Å². The van der Waals surface area contributed by atoms with E-state index in [0.717, 1.165) is 11.4 Å². The maximum absolute atomic E-state index is 11.9. The summed E-state index contributed by atoms with van der Waals surface area (Å²) >= 11 is 5.99. The van der Waals surface area contributed by atoms with Gasteiger partial charge >= 0.3 is 0 Å². The normalized spacial score (nSPS) is 10.0. The van der Waals surface area contributed by atoms with Crippen molar-refractivity contribution in [1.82, 2.24) is 0 Å². The number of methoxy groups -OCH3 is 1. The van der Waals surface area contributed by atoms with Gasteiger partial charge in [-0.15, -0.1) is 0 Å². The van der Waals surface area contributed by atoms with Gasteiger partial charge in [0.15, 0.2) is 0 Å². The highest BCUT2D eigenvalue weighted by molar-refractivity contribution is 6.33. The fourth-order valence-electron chi connectivity index (χ4n) is 1.88. The van der Waals surface area contributed by atoms with Gasteiger partial charge in [0.05, 0.1) is 23.5 Å². The molecule has 0 aliphatic rings. The van der Waals surface area contributed by atoms with E-state index >= 15 is 0 Å². The van der Waals surface area contributed by atoms with Gasteiger partial charge in [-0.25, -0.2) is 0 Å². The van der Waals surface area contributed by atoms with Crippen molar-refractivity contribution < 1.29 is 9.53 Å². The molecule has 0 saturated heterocycles. The van der Waals surface area contributed by atoms with Crippen molar-refractivity contribution in [3.05, 3.63) is 53.6 Å². The van der Waals surface area contributed by atoms with Crippen molar-refractivity contribution in [3.63, 3.8) is 0 Å². The van der Waals surface area contributed by atoms with Gasteiger partial charge in [0.1, 0.15) is 5.75 Å². The molecule has 4 nitrogen and oxygen atoms in total. The van der Waals surface area contributed by atoms with Crippen molar-refractivity contribution >= 4 is 28.9 Å². The zero-order valence-corrected chi connectivity index (χ0v) is 12.5. The number of nitrogens with one attached hydrogen (secondary N) is 2. The van der Waals surface area contributed by atoms with Gasteiger partial charge in [-0.3, -0.25) is 4.79 Å². The second-order valence-corrected chi connectivity index (χ2v) is 4.81. The Kier molecular flexibility index (Phi) is 5.46. The molecule has 2 N–H and O–H groups in total. The molecule has 0 spiro atoms. The zero-order valence-electron chi connectivity index (χ0n) is 11.7. The second-order valence-electron chi connectivity index (χ2n) is 4.41. The highest BCUT2D eigenvalue weighted by atomic mass is 35.5. The van der Waals surface area contributed by atoms with E-state index in [1.165, 1.54) is 0 Å². The lowest BCUT2D eigenvalue weighted by Gasteiger charge is -2.11. The molecule has 0 saturated carbocycles. The number of para-hydroxylation sites is 3. The monoisotopic (exact) mass is 304 g/mol. The Bertz CT molecular complexity index is 617. The lowest BCUT2D eigenvalue weighted by atomic mass is 10.2. The average Bonchev–Trinajstić information content (AvgIpc) is 2.50. The fourth-order valence-corrected chi connectivity index (χ4v) is 2.06. The van der Waals surface area contributed by atoms with Crippen molar-refractivity contribution in [2.24, 2.45) is 0 Å². The number of amides is 1. The van der Waals surface area contributed by atoms with Gasteiger partial charge in [0.25, 0.3) is 0 Å². The summed E-state index contributed by atoms with van der Waals surface area (Å²) < 4.78 is 5.23. The van der Waals surface area contributed by atoms with E-state index in [0.29, 0.717) is 23.7 Å². The van der Waals surface area contributed by atoms with Gasteiger partial charge in [0, 0.05) is 13.0 Å². The predicted octanol–water partition coefficient (Wildman–Crippen LogP) is 3.79. The molecule has 0 unspecified atom stereocenters. The lowest BCUT2D eigenvalue weighted by molar-refractivity contribution is -0.115. The molecule has 0 aromatic heterocycles. The standard InChI is InChI=1S/C16H17ClN2O2/c1-21-15-9-5-4-8-14(15)18-11-10-16(20)19-13-7-3-2-6-12(13)17/h2-9,18H,10-11H2,1H3,(H,19,20). The van der Waals surface area contributed by atoms with E-state index in [-0.39, 0.29) is 5.91 Å². The smallest absolute Gasteiger partial charge is 0.226 e. The Morgan fingerprint density at radius 2 is 1.76 bits per heavy atom. The summed E-state index contributed by atoms with van der Waals surface area (Å²) in [5, 5.41) is 6.49. The molecule has 2 aromatic carbocycles. The molecule has 0 fully saturated rings. The number of carbonyl (C=O) groups is 1.